The summed E-state index contributed by atoms with van der Waals surface area (Å²) in [5.41, 5.74) is 4.55. The Balaban J connectivity index is 0.00000256. The Kier molecular flexibility index (Phi) is 6.75. The minimum atomic E-state index is -0.317. The smallest absolute Gasteiger partial charge is 0.259 e. The molecular formula is C23H27Cl2N3O2. The average Bonchev–Trinajstić information content (AvgIpc) is 2.94. The van der Waals surface area contributed by atoms with E-state index in [4.69, 9.17) is 11.6 Å². The maximum atomic E-state index is 13.3. The first-order chi connectivity index (χ1) is 13.8. The SMILES string of the molecule is Cc1cc2c(cc1C)C(CC(=O)N1CCN(C)CC1)N(c1cccc(Cl)c1)C2=O.Cl. The van der Waals surface area contributed by atoms with Crippen LogP contribution in [0.15, 0.2) is 36.4 Å². The Morgan fingerprint density at radius 3 is 2.40 bits per heavy atom. The number of anilines is 1. The van der Waals surface area contributed by atoms with E-state index >= 15 is 0 Å². The molecule has 30 heavy (non-hydrogen) atoms. The van der Waals surface area contributed by atoms with Crippen LogP contribution >= 0.6 is 24.0 Å². The van der Waals surface area contributed by atoms with Crippen LogP contribution in [0.25, 0.3) is 0 Å². The molecule has 2 heterocycles. The fourth-order valence-electron chi connectivity index (χ4n) is 4.18. The van der Waals surface area contributed by atoms with E-state index in [2.05, 4.69) is 18.0 Å². The number of carbonyl (C=O) groups is 2. The summed E-state index contributed by atoms with van der Waals surface area (Å²) in [5.74, 6) is 0.0237. The van der Waals surface area contributed by atoms with Gasteiger partial charge in [-0.05, 0) is 61.9 Å². The minimum Gasteiger partial charge on any atom is -0.340 e. The highest BCUT2D eigenvalue weighted by atomic mass is 35.5. The second-order valence-electron chi connectivity index (χ2n) is 8.08. The summed E-state index contributed by atoms with van der Waals surface area (Å²) < 4.78 is 0. The van der Waals surface area contributed by atoms with E-state index in [0.717, 1.165) is 48.6 Å². The van der Waals surface area contributed by atoms with E-state index in [1.165, 1.54) is 0 Å². The van der Waals surface area contributed by atoms with Crippen molar-refractivity contribution < 1.29 is 9.59 Å². The molecule has 0 bridgehead atoms. The topological polar surface area (TPSA) is 43.9 Å². The lowest BCUT2D eigenvalue weighted by Crippen LogP contribution is -2.47. The number of hydrogen-bond donors (Lipinski definition) is 0. The number of likely N-dealkylation sites (N-methyl/N-ethyl adjacent to an activating group) is 1. The van der Waals surface area contributed by atoms with Crippen LogP contribution in [0.3, 0.4) is 0 Å². The fraction of sp³-hybridized carbons (Fsp3) is 0.391. The van der Waals surface area contributed by atoms with Crippen LogP contribution in [0.5, 0.6) is 0 Å². The predicted molar refractivity (Wildman–Crippen MR) is 123 cm³/mol. The highest BCUT2D eigenvalue weighted by molar-refractivity contribution is 6.31. The monoisotopic (exact) mass is 447 g/mol. The number of aryl methyl sites for hydroxylation is 2. The number of nitrogens with zero attached hydrogens (tertiary/aromatic N) is 3. The molecule has 0 spiro atoms. The molecule has 0 aromatic heterocycles. The maximum Gasteiger partial charge on any atom is 0.259 e. The van der Waals surface area contributed by atoms with Gasteiger partial charge < -0.3 is 14.7 Å². The molecule has 0 radical (unpaired) electrons. The molecule has 2 aromatic rings. The number of carbonyl (C=O) groups excluding carboxylic acids is 2. The van der Waals surface area contributed by atoms with Crippen molar-refractivity contribution in [1.82, 2.24) is 9.80 Å². The fourth-order valence-corrected chi connectivity index (χ4v) is 4.37. The molecule has 160 valence electrons. The van der Waals surface area contributed by atoms with Gasteiger partial charge in [0.15, 0.2) is 0 Å². The molecule has 0 saturated carbocycles. The van der Waals surface area contributed by atoms with Crippen molar-refractivity contribution >= 4 is 41.5 Å². The van der Waals surface area contributed by atoms with Gasteiger partial charge in [0.1, 0.15) is 0 Å². The Morgan fingerprint density at radius 2 is 1.73 bits per heavy atom. The molecule has 0 N–H and O–H groups in total. The molecule has 7 heteroatoms. The van der Waals surface area contributed by atoms with Crippen LogP contribution in [-0.2, 0) is 4.79 Å². The van der Waals surface area contributed by atoms with Gasteiger partial charge in [0.25, 0.3) is 5.91 Å². The Labute approximate surface area is 189 Å². The Hall–Kier alpha value is -2.08. The summed E-state index contributed by atoms with van der Waals surface area (Å²) in [7, 11) is 2.07. The first kappa shape index (κ1) is 22.6. The number of amides is 2. The standard InChI is InChI=1S/C23H26ClN3O2.ClH/c1-15-11-19-20(12-16(15)2)23(29)27(18-6-4-5-17(24)13-18)21(19)14-22(28)26-9-7-25(3)8-10-26;/h4-6,11-13,21H,7-10,14H2,1-3H3;1H. The third-order valence-electron chi connectivity index (χ3n) is 6.10. The molecule has 2 aliphatic rings. The zero-order valence-corrected chi connectivity index (χ0v) is 19.1. The number of benzene rings is 2. The van der Waals surface area contributed by atoms with Crippen LogP contribution < -0.4 is 4.90 Å². The van der Waals surface area contributed by atoms with Crippen molar-refractivity contribution in [1.29, 1.82) is 0 Å². The van der Waals surface area contributed by atoms with Crippen molar-refractivity contribution in [3.8, 4) is 0 Å². The summed E-state index contributed by atoms with van der Waals surface area (Å²) in [6, 6.07) is 11.0. The van der Waals surface area contributed by atoms with Crippen molar-refractivity contribution in [3.63, 3.8) is 0 Å². The lowest BCUT2D eigenvalue weighted by atomic mass is 9.96. The van der Waals surface area contributed by atoms with E-state index in [9.17, 15) is 9.59 Å². The average molecular weight is 448 g/mol. The number of halogens is 2. The van der Waals surface area contributed by atoms with Crippen molar-refractivity contribution in [2.75, 3.05) is 38.1 Å². The first-order valence-corrected chi connectivity index (χ1v) is 10.4. The quantitative estimate of drug-likeness (QED) is 0.706. The van der Waals surface area contributed by atoms with E-state index in [-0.39, 0.29) is 36.7 Å². The summed E-state index contributed by atoms with van der Waals surface area (Å²) in [6.07, 6.45) is 0.275. The first-order valence-electron chi connectivity index (χ1n) is 10.0. The number of hydrogen-bond acceptors (Lipinski definition) is 3. The largest absolute Gasteiger partial charge is 0.340 e. The second-order valence-corrected chi connectivity index (χ2v) is 8.52. The second kappa shape index (κ2) is 8.96. The highest BCUT2D eigenvalue weighted by Crippen LogP contribution is 2.41. The Morgan fingerprint density at radius 1 is 1.07 bits per heavy atom. The van der Waals surface area contributed by atoms with Gasteiger partial charge in [-0.25, -0.2) is 0 Å². The summed E-state index contributed by atoms with van der Waals surface area (Å²) in [6.45, 7) is 7.27. The summed E-state index contributed by atoms with van der Waals surface area (Å²) >= 11 is 6.20. The molecule has 1 unspecified atom stereocenters. The van der Waals surface area contributed by atoms with Gasteiger partial charge in [0.05, 0.1) is 12.5 Å². The molecule has 0 aliphatic carbocycles. The predicted octanol–water partition coefficient (Wildman–Crippen LogP) is 4.24. The molecule has 2 amide bonds. The number of piperazine rings is 1. The molecule has 2 aliphatic heterocycles. The normalized spacial score (nSPS) is 18.9. The summed E-state index contributed by atoms with van der Waals surface area (Å²) in [5, 5.41) is 0.572. The minimum absolute atomic E-state index is 0. The number of fused-ring (bicyclic) bond motifs is 1. The van der Waals surface area contributed by atoms with Gasteiger partial charge in [-0.3, -0.25) is 9.59 Å². The van der Waals surface area contributed by atoms with Crippen LogP contribution in [0, 0.1) is 13.8 Å². The Bertz CT molecular complexity index is 971. The van der Waals surface area contributed by atoms with Crippen molar-refractivity contribution in [2.45, 2.75) is 26.3 Å². The zero-order chi connectivity index (χ0) is 20.7. The molecule has 2 aromatic carbocycles. The van der Waals surface area contributed by atoms with E-state index in [1.807, 2.05) is 36.9 Å². The van der Waals surface area contributed by atoms with Crippen molar-refractivity contribution in [2.24, 2.45) is 0 Å². The molecule has 1 atom stereocenters. The van der Waals surface area contributed by atoms with Crippen molar-refractivity contribution in [3.05, 3.63) is 63.7 Å². The molecule has 1 fully saturated rings. The lowest BCUT2D eigenvalue weighted by molar-refractivity contribution is -0.133. The highest BCUT2D eigenvalue weighted by Gasteiger charge is 2.40. The van der Waals surface area contributed by atoms with Gasteiger partial charge >= 0.3 is 0 Å². The molecular weight excluding hydrogens is 421 g/mol. The van der Waals surface area contributed by atoms with E-state index < -0.39 is 0 Å². The zero-order valence-electron chi connectivity index (χ0n) is 17.5. The van der Waals surface area contributed by atoms with Crippen LogP contribution in [0.4, 0.5) is 5.69 Å². The van der Waals surface area contributed by atoms with Gasteiger partial charge in [-0.15, -0.1) is 12.4 Å². The lowest BCUT2D eigenvalue weighted by Gasteiger charge is -2.34. The van der Waals surface area contributed by atoms with Gasteiger partial charge in [-0.2, -0.15) is 0 Å². The summed E-state index contributed by atoms with van der Waals surface area (Å²) in [4.78, 5) is 32.3. The van der Waals surface area contributed by atoms with E-state index in [1.54, 1.807) is 17.0 Å². The molecule has 4 rings (SSSR count). The molecule has 5 nitrogen and oxygen atoms in total. The van der Waals surface area contributed by atoms with Gasteiger partial charge in [0, 0.05) is 42.5 Å². The number of rotatable bonds is 3. The van der Waals surface area contributed by atoms with Gasteiger partial charge in [-0.1, -0.05) is 23.7 Å². The maximum absolute atomic E-state index is 13.3. The molecule has 1 saturated heterocycles. The van der Waals surface area contributed by atoms with E-state index in [0.29, 0.717) is 10.6 Å². The third kappa shape index (κ3) is 4.20. The van der Waals surface area contributed by atoms with Crippen LogP contribution in [-0.4, -0.2) is 54.8 Å². The third-order valence-corrected chi connectivity index (χ3v) is 6.33. The van der Waals surface area contributed by atoms with Gasteiger partial charge in [0.2, 0.25) is 5.91 Å². The van der Waals surface area contributed by atoms with Crippen LogP contribution in [0.1, 0.15) is 39.5 Å². The van der Waals surface area contributed by atoms with Crippen LogP contribution in [0.2, 0.25) is 5.02 Å².